The molecule has 0 aromatic heterocycles. The Bertz CT molecular complexity index is 120. The molecule has 0 fully saturated rings. The molecule has 0 radical (unpaired) electrons. The Morgan fingerprint density at radius 1 is 1.50 bits per heavy atom. The summed E-state index contributed by atoms with van der Waals surface area (Å²) >= 11 is 0. The molecule has 0 bridgehead atoms. The van der Waals surface area contributed by atoms with Crippen molar-refractivity contribution in [2.75, 3.05) is 0 Å². The number of nitrogens with two attached hydrogens (primary N) is 2. The van der Waals surface area contributed by atoms with E-state index in [9.17, 15) is 8.78 Å². The van der Waals surface area contributed by atoms with E-state index in [2.05, 4.69) is 4.99 Å². The fraction of sp³-hybridized carbons (Fsp3) is 0.800. The third-order valence-corrected chi connectivity index (χ3v) is 0.889. The van der Waals surface area contributed by atoms with Gasteiger partial charge in [0.25, 0.3) is 0 Å². The molecule has 0 aromatic rings. The van der Waals surface area contributed by atoms with Gasteiger partial charge in [0, 0.05) is 6.42 Å². The molecule has 0 aliphatic heterocycles. The lowest BCUT2D eigenvalue weighted by Gasteiger charge is -2.03. The topological polar surface area (TPSA) is 64.4 Å². The number of nitrogens with zero attached hydrogens (tertiary/aromatic N) is 1. The van der Waals surface area contributed by atoms with Gasteiger partial charge in [-0.25, -0.2) is 8.78 Å². The van der Waals surface area contributed by atoms with Crippen molar-refractivity contribution in [1.29, 1.82) is 0 Å². The predicted molar refractivity (Wildman–Crippen MR) is 35.9 cm³/mol. The fourth-order valence-corrected chi connectivity index (χ4v) is 0.565. The van der Waals surface area contributed by atoms with Crippen LogP contribution in [0.5, 0.6) is 0 Å². The first kappa shape index (κ1) is 9.13. The zero-order valence-electron chi connectivity index (χ0n) is 5.72. The van der Waals surface area contributed by atoms with Crippen molar-refractivity contribution in [2.45, 2.75) is 25.8 Å². The van der Waals surface area contributed by atoms with Gasteiger partial charge < -0.3 is 11.5 Å². The van der Waals surface area contributed by atoms with Crippen LogP contribution in [0.1, 0.15) is 13.3 Å². The third-order valence-electron chi connectivity index (χ3n) is 0.889. The van der Waals surface area contributed by atoms with Crippen LogP contribution in [-0.4, -0.2) is 18.4 Å². The molecule has 5 heteroatoms. The molecule has 1 unspecified atom stereocenters. The first-order valence-corrected chi connectivity index (χ1v) is 2.89. The Morgan fingerprint density at radius 3 is 2.30 bits per heavy atom. The summed E-state index contributed by atoms with van der Waals surface area (Å²) in [6.07, 6.45) is -2.64. The van der Waals surface area contributed by atoms with Crippen molar-refractivity contribution in [3.05, 3.63) is 0 Å². The minimum absolute atomic E-state index is 0.145. The Balaban J connectivity index is 3.64. The van der Waals surface area contributed by atoms with E-state index in [1.165, 1.54) is 6.92 Å². The average Bonchev–Trinajstić information content (AvgIpc) is 1.58. The number of hydrogen-bond donors (Lipinski definition) is 2. The second-order valence-corrected chi connectivity index (χ2v) is 2.03. The molecule has 1 atom stereocenters. The van der Waals surface area contributed by atoms with Crippen molar-refractivity contribution in [3.8, 4) is 0 Å². The summed E-state index contributed by atoms with van der Waals surface area (Å²) in [6, 6.07) is -0.495. The first-order valence-electron chi connectivity index (χ1n) is 2.89. The Kier molecular flexibility index (Phi) is 3.68. The van der Waals surface area contributed by atoms with E-state index in [0.717, 1.165) is 0 Å². The molecule has 10 heavy (non-hydrogen) atoms. The summed E-state index contributed by atoms with van der Waals surface area (Å²) in [4.78, 5) is 3.51. The molecule has 0 saturated heterocycles. The lowest BCUT2D eigenvalue weighted by atomic mass is 10.2. The second-order valence-electron chi connectivity index (χ2n) is 2.03. The summed E-state index contributed by atoms with van der Waals surface area (Å²) in [5, 5.41) is 0. The van der Waals surface area contributed by atoms with E-state index in [1.54, 1.807) is 0 Å². The van der Waals surface area contributed by atoms with E-state index in [4.69, 9.17) is 11.5 Å². The monoisotopic (exact) mass is 151 g/mol. The van der Waals surface area contributed by atoms with Crippen molar-refractivity contribution in [1.82, 2.24) is 0 Å². The maximum atomic E-state index is 11.6. The number of alkyl halides is 2. The summed E-state index contributed by atoms with van der Waals surface area (Å²) < 4.78 is 23.2. The maximum absolute atomic E-state index is 11.6. The minimum atomic E-state index is -2.35. The smallest absolute Gasteiger partial charge is 0.240 e. The van der Waals surface area contributed by atoms with Crippen LogP contribution in [0, 0.1) is 0 Å². The van der Waals surface area contributed by atoms with Crippen molar-refractivity contribution in [2.24, 2.45) is 16.5 Å². The standard InChI is InChI=1S/C5H11F2N3/c1-3(2-4(6)7)10-5(8)9/h3-4H,2H2,1H3,(H4,8,9,10). The van der Waals surface area contributed by atoms with E-state index in [1.807, 2.05) is 0 Å². The molecule has 0 amide bonds. The van der Waals surface area contributed by atoms with Crippen LogP contribution < -0.4 is 11.5 Å². The molecule has 0 aromatic carbocycles. The molecule has 0 aliphatic rings. The highest BCUT2D eigenvalue weighted by atomic mass is 19.3. The molecular formula is C5H11F2N3. The molecule has 3 nitrogen and oxygen atoms in total. The molecule has 0 heterocycles. The summed E-state index contributed by atoms with van der Waals surface area (Å²) in [5.41, 5.74) is 9.90. The van der Waals surface area contributed by atoms with Crippen molar-refractivity contribution >= 4 is 5.96 Å². The lowest BCUT2D eigenvalue weighted by Crippen LogP contribution is -2.25. The van der Waals surface area contributed by atoms with Crippen LogP contribution >= 0.6 is 0 Å². The quantitative estimate of drug-likeness (QED) is 0.450. The van der Waals surface area contributed by atoms with Crippen LogP contribution in [0.2, 0.25) is 0 Å². The molecule has 0 aliphatic carbocycles. The average molecular weight is 151 g/mol. The first-order chi connectivity index (χ1) is 4.52. The number of rotatable bonds is 3. The minimum Gasteiger partial charge on any atom is -0.370 e. The predicted octanol–water partition coefficient (Wildman–Crippen LogP) is 0.304. The van der Waals surface area contributed by atoms with Crippen molar-refractivity contribution in [3.63, 3.8) is 0 Å². The largest absolute Gasteiger partial charge is 0.370 e. The Labute approximate surface area is 58.1 Å². The van der Waals surface area contributed by atoms with Crippen LogP contribution in [0.25, 0.3) is 0 Å². The Morgan fingerprint density at radius 2 is 2.00 bits per heavy atom. The summed E-state index contributed by atoms with van der Waals surface area (Å²) in [7, 11) is 0. The van der Waals surface area contributed by atoms with Gasteiger partial charge in [-0.1, -0.05) is 0 Å². The number of halogens is 2. The maximum Gasteiger partial charge on any atom is 0.240 e. The lowest BCUT2D eigenvalue weighted by molar-refractivity contribution is 0.131. The Hall–Kier alpha value is -0.870. The highest BCUT2D eigenvalue weighted by Gasteiger charge is 2.08. The second kappa shape index (κ2) is 4.03. The van der Waals surface area contributed by atoms with Gasteiger partial charge >= 0.3 is 0 Å². The van der Waals surface area contributed by atoms with Gasteiger partial charge in [-0.2, -0.15) is 0 Å². The molecular weight excluding hydrogens is 140 g/mol. The number of hydrogen-bond acceptors (Lipinski definition) is 1. The van der Waals surface area contributed by atoms with E-state index < -0.39 is 12.5 Å². The van der Waals surface area contributed by atoms with E-state index in [-0.39, 0.29) is 12.4 Å². The van der Waals surface area contributed by atoms with Crippen LogP contribution in [0.3, 0.4) is 0 Å². The zero-order valence-corrected chi connectivity index (χ0v) is 5.72. The highest BCUT2D eigenvalue weighted by molar-refractivity contribution is 5.75. The number of guanidine groups is 1. The van der Waals surface area contributed by atoms with Crippen LogP contribution in [-0.2, 0) is 0 Å². The summed E-state index contributed by atoms with van der Waals surface area (Å²) in [6.45, 7) is 1.53. The number of aliphatic imine (C=N–C) groups is 1. The highest BCUT2D eigenvalue weighted by Crippen LogP contribution is 2.05. The molecule has 0 saturated carbocycles. The van der Waals surface area contributed by atoms with Gasteiger partial charge in [-0.05, 0) is 6.92 Å². The van der Waals surface area contributed by atoms with Crippen molar-refractivity contribution < 1.29 is 8.78 Å². The fourth-order valence-electron chi connectivity index (χ4n) is 0.565. The zero-order chi connectivity index (χ0) is 8.15. The molecule has 0 spiro atoms. The van der Waals surface area contributed by atoms with E-state index in [0.29, 0.717) is 0 Å². The van der Waals surface area contributed by atoms with Gasteiger partial charge in [-0.3, -0.25) is 4.99 Å². The normalized spacial score (nSPS) is 13.2. The van der Waals surface area contributed by atoms with Crippen LogP contribution in [0.4, 0.5) is 8.78 Å². The van der Waals surface area contributed by atoms with Gasteiger partial charge in [0.15, 0.2) is 5.96 Å². The van der Waals surface area contributed by atoms with Gasteiger partial charge in [-0.15, -0.1) is 0 Å². The SMILES string of the molecule is CC(CC(F)F)N=C(N)N. The third kappa shape index (κ3) is 5.27. The van der Waals surface area contributed by atoms with E-state index >= 15 is 0 Å². The van der Waals surface area contributed by atoms with Gasteiger partial charge in [0.2, 0.25) is 6.43 Å². The van der Waals surface area contributed by atoms with Crippen LogP contribution in [0.15, 0.2) is 4.99 Å². The molecule has 4 N–H and O–H groups in total. The molecule has 60 valence electrons. The summed E-state index contributed by atoms with van der Waals surface area (Å²) in [5.74, 6) is -0.145. The molecule has 0 rings (SSSR count). The van der Waals surface area contributed by atoms with Gasteiger partial charge in [0.1, 0.15) is 0 Å². The van der Waals surface area contributed by atoms with Gasteiger partial charge in [0.05, 0.1) is 6.04 Å².